The Morgan fingerprint density at radius 2 is 1.55 bits per heavy atom. The molecule has 0 unspecified atom stereocenters. The fourth-order valence-corrected chi connectivity index (χ4v) is 5.66. The summed E-state index contributed by atoms with van der Waals surface area (Å²) >= 11 is 5.62. The summed E-state index contributed by atoms with van der Waals surface area (Å²) in [5.74, 6) is -1.10. The number of nitrogens with one attached hydrogen (secondary N) is 1. The van der Waals surface area contributed by atoms with E-state index in [9.17, 15) is 35.9 Å². The van der Waals surface area contributed by atoms with Crippen LogP contribution in [0.25, 0.3) is 0 Å². The van der Waals surface area contributed by atoms with Crippen LogP contribution in [0.5, 0.6) is 0 Å². The van der Waals surface area contributed by atoms with Gasteiger partial charge in [-0.1, -0.05) is 6.07 Å². The Morgan fingerprint density at radius 1 is 0.929 bits per heavy atom. The van der Waals surface area contributed by atoms with Crippen LogP contribution in [-0.2, 0) is 17.1 Å². The van der Waals surface area contributed by atoms with Crippen LogP contribution in [-0.4, -0.2) is 22.5 Å². The van der Waals surface area contributed by atoms with E-state index in [1.165, 1.54) is 49.4 Å². The van der Waals surface area contributed by atoms with Crippen molar-refractivity contribution in [3.8, 4) is 6.07 Å². The zero-order chi connectivity index (χ0) is 30.6. The van der Waals surface area contributed by atoms with Gasteiger partial charge in [0.15, 0.2) is 5.11 Å². The molecule has 3 aromatic carbocycles. The Balaban J connectivity index is 1.41. The van der Waals surface area contributed by atoms with E-state index in [4.69, 9.17) is 17.5 Å². The van der Waals surface area contributed by atoms with E-state index in [1.54, 1.807) is 4.90 Å². The maximum absolute atomic E-state index is 13.6. The monoisotopic (exact) mass is 602 g/mol. The number of hydrogen-bond donors (Lipinski definition) is 1. The summed E-state index contributed by atoms with van der Waals surface area (Å²) in [4.78, 5) is 29.1. The van der Waals surface area contributed by atoms with E-state index in [0.717, 1.165) is 23.1 Å². The van der Waals surface area contributed by atoms with Crippen molar-refractivity contribution in [2.75, 3.05) is 15.1 Å². The minimum absolute atomic E-state index is 0.000905. The van der Waals surface area contributed by atoms with Crippen LogP contribution in [0.15, 0.2) is 60.7 Å². The van der Waals surface area contributed by atoms with Gasteiger partial charge in [0.25, 0.3) is 11.8 Å². The maximum atomic E-state index is 13.6. The molecule has 1 N–H and O–H groups in total. The molecule has 1 aliphatic heterocycles. The lowest BCUT2D eigenvalue weighted by Gasteiger charge is -2.43. The smallest absolute Gasteiger partial charge is 0.322 e. The minimum Gasteiger partial charge on any atom is -0.322 e. The molecule has 42 heavy (non-hydrogen) atoms. The molecule has 2 aliphatic rings. The van der Waals surface area contributed by atoms with Crippen LogP contribution in [0, 0.1) is 18.3 Å². The highest BCUT2D eigenvalue weighted by molar-refractivity contribution is 7.81. The van der Waals surface area contributed by atoms with Crippen molar-refractivity contribution in [2.45, 2.75) is 44.1 Å². The molecule has 1 aliphatic carbocycles. The number of rotatable bonds is 4. The van der Waals surface area contributed by atoms with Gasteiger partial charge >= 0.3 is 12.4 Å². The second kappa shape index (κ2) is 10.1. The zero-order valence-electron chi connectivity index (χ0n) is 21.7. The minimum atomic E-state index is -4.73. The van der Waals surface area contributed by atoms with Crippen molar-refractivity contribution >= 4 is 46.2 Å². The second-order valence-electron chi connectivity index (χ2n) is 10.0. The third-order valence-corrected chi connectivity index (χ3v) is 7.83. The predicted octanol–water partition coefficient (Wildman–Crippen LogP) is 7.22. The first kappa shape index (κ1) is 29.1. The molecular formula is C29H20F6N4O2S. The lowest BCUT2D eigenvalue weighted by molar-refractivity contribution is -0.138. The second-order valence-corrected chi connectivity index (χ2v) is 10.4. The number of thiocarbonyl (C=S) groups is 1. The third kappa shape index (κ3) is 4.85. The van der Waals surface area contributed by atoms with Gasteiger partial charge in [0.1, 0.15) is 5.54 Å². The predicted molar refractivity (Wildman–Crippen MR) is 146 cm³/mol. The lowest BCUT2D eigenvalue weighted by Crippen LogP contribution is -2.55. The number of halogens is 6. The molecule has 13 heteroatoms. The van der Waals surface area contributed by atoms with E-state index in [-0.39, 0.29) is 27.6 Å². The normalized spacial score (nSPS) is 16.4. The number of anilines is 3. The van der Waals surface area contributed by atoms with E-state index in [0.29, 0.717) is 31.0 Å². The third-order valence-electron chi connectivity index (χ3n) is 7.47. The molecule has 0 radical (unpaired) electrons. The number of carbonyl (C=O) groups excluding carboxylic acids is 2. The highest BCUT2D eigenvalue weighted by Crippen LogP contribution is 2.48. The van der Waals surface area contributed by atoms with Gasteiger partial charge in [-0.25, -0.2) is 0 Å². The SMILES string of the molecule is Cc1ccc(N2C(=O)C3(CCC3)N(c3ccc(C(=O)Nc4ccc(C(F)(F)F)c(C#N)c4)cc3)C2=S)cc1C(F)(F)F. The molecule has 0 bridgehead atoms. The number of carbonyl (C=O) groups is 2. The van der Waals surface area contributed by atoms with Crippen molar-refractivity contribution in [3.63, 3.8) is 0 Å². The average molecular weight is 603 g/mol. The summed E-state index contributed by atoms with van der Waals surface area (Å²) in [6.45, 7) is 1.33. The number of hydrogen-bond acceptors (Lipinski definition) is 4. The van der Waals surface area contributed by atoms with Crippen molar-refractivity contribution in [3.05, 3.63) is 88.5 Å². The number of alkyl halides is 6. The summed E-state index contributed by atoms with van der Waals surface area (Å²) in [6, 6.07) is 13.7. The first-order valence-electron chi connectivity index (χ1n) is 12.6. The molecule has 216 valence electrons. The fourth-order valence-electron chi connectivity index (χ4n) is 5.19. The Hall–Kier alpha value is -4.44. The first-order chi connectivity index (χ1) is 19.7. The van der Waals surface area contributed by atoms with Gasteiger partial charge in [-0.05, 0) is 98.6 Å². The van der Waals surface area contributed by atoms with Crippen LogP contribution in [0.1, 0.15) is 51.9 Å². The quantitative estimate of drug-likeness (QED) is 0.252. The Morgan fingerprint density at radius 3 is 2.10 bits per heavy atom. The number of aryl methyl sites for hydroxylation is 1. The molecule has 1 saturated carbocycles. The van der Waals surface area contributed by atoms with Crippen LogP contribution < -0.4 is 15.1 Å². The number of amides is 2. The molecule has 3 aromatic rings. The van der Waals surface area contributed by atoms with Crippen LogP contribution in [0.3, 0.4) is 0 Å². The molecule has 2 fully saturated rings. The molecule has 1 heterocycles. The van der Waals surface area contributed by atoms with E-state index >= 15 is 0 Å². The fraction of sp³-hybridized carbons (Fsp3) is 0.241. The first-order valence-corrected chi connectivity index (χ1v) is 13.0. The molecule has 2 amide bonds. The average Bonchev–Trinajstić information content (AvgIpc) is 3.14. The highest BCUT2D eigenvalue weighted by atomic mass is 32.1. The summed E-state index contributed by atoms with van der Waals surface area (Å²) in [5, 5.41) is 11.6. The Bertz CT molecular complexity index is 1660. The standard InChI is InChI=1S/C29H20F6N4O2S/c1-16-3-7-21(14-23(16)29(33,34)35)38-25(41)27(11-2-12-27)39(26(38)42)20-8-4-17(5-9-20)24(40)37-19-6-10-22(28(30,31)32)18(13-19)15-36/h3-10,13-14H,2,11-12H2,1H3,(H,37,40). The van der Waals surface area contributed by atoms with Crippen LogP contribution >= 0.6 is 12.2 Å². The number of nitriles is 1. The molecule has 1 saturated heterocycles. The van der Waals surface area contributed by atoms with Gasteiger partial charge in [-0.2, -0.15) is 31.6 Å². The molecular weight excluding hydrogens is 582 g/mol. The van der Waals surface area contributed by atoms with Crippen molar-refractivity contribution < 1.29 is 35.9 Å². The maximum Gasteiger partial charge on any atom is 0.417 e. The van der Waals surface area contributed by atoms with Crippen LogP contribution in [0.2, 0.25) is 0 Å². The Labute approximate surface area is 241 Å². The summed E-state index contributed by atoms with van der Waals surface area (Å²) in [7, 11) is 0. The van der Waals surface area contributed by atoms with E-state index in [2.05, 4.69) is 5.32 Å². The van der Waals surface area contributed by atoms with Gasteiger partial charge < -0.3 is 10.2 Å². The summed E-state index contributed by atoms with van der Waals surface area (Å²) in [5.41, 5.74) is -3.15. The molecule has 0 aromatic heterocycles. The summed E-state index contributed by atoms with van der Waals surface area (Å²) in [6.07, 6.45) is -7.78. The van der Waals surface area contributed by atoms with Gasteiger partial charge in [-0.3, -0.25) is 14.5 Å². The summed E-state index contributed by atoms with van der Waals surface area (Å²) < 4.78 is 80.0. The van der Waals surface area contributed by atoms with E-state index < -0.39 is 46.4 Å². The Kier molecular flexibility index (Phi) is 7.01. The largest absolute Gasteiger partial charge is 0.417 e. The van der Waals surface area contributed by atoms with Gasteiger partial charge in [0.05, 0.1) is 28.4 Å². The molecule has 1 spiro atoms. The van der Waals surface area contributed by atoms with Gasteiger partial charge in [-0.15, -0.1) is 0 Å². The topological polar surface area (TPSA) is 76.4 Å². The number of nitrogens with zero attached hydrogens (tertiary/aromatic N) is 3. The molecule has 6 nitrogen and oxygen atoms in total. The van der Waals surface area contributed by atoms with Crippen LogP contribution in [0.4, 0.5) is 43.4 Å². The van der Waals surface area contributed by atoms with Gasteiger partial charge in [0.2, 0.25) is 0 Å². The van der Waals surface area contributed by atoms with Crippen molar-refractivity contribution in [1.82, 2.24) is 0 Å². The van der Waals surface area contributed by atoms with Gasteiger partial charge in [0, 0.05) is 16.9 Å². The lowest BCUT2D eigenvalue weighted by atomic mass is 9.75. The number of benzene rings is 3. The molecule has 5 rings (SSSR count). The van der Waals surface area contributed by atoms with Crippen molar-refractivity contribution in [1.29, 1.82) is 5.26 Å². The van der Waals surface area contributed by atoms with Crippen molar-refractivity contribution in [2.24, 2.45) is 0 Å². The highest BCUT2D eigenvalue weighted by Gasteiger charge is 2.59. The molecule has 0 atom stereocenters. The van der Waals surface area contributed by atoms with E-state index in [1.807, 2.05) is 0 Å². The zero-order valence-corrected chi connectivity index (χ0v) is 22.5.